The topological polar surface area (TPSA) is 70.0 Å². The van der Waals surface area contributed by atoms with Gasteiger partial charge in [0.05, 0.1) is 11.3 Å². The van der Waals surface area contributed by atoms with Crippen LogP contribution in [0.3, 0.4) is 0 Å². The number of aromatic hydroxyl groups is 1. The van der Waals surface area contributed by atoms with E-state index >= 15 is 0 Å². The third-order valence-electron chi connectivity index (χ3n) is 5.64. The summed E-state index contributed by atoms with van der Waals surface area (Å²) in [7, 11) is 2.10. The first-order valence-corrected chi connectivity index (χ1v) is 9.29. The summed E-state index contributed by atoms with van der Waals surface area (Å²) in [6.45, 7) is 5.56. The number of benzene rings is 1. The molecule has 0 saturated heterocycles. The Bertz CT molecular complexity index is 1060. The number of hydrogen-bond acceptors (Lipinski definition) is 3. The minimum absolute atomic E-state index is 0.151. The largest absolute Gasteiger partial charge is 0.507 e. The summed E-state index contributed by atoms with van der Waals surface area (Å²) < 4.78 is 2.24. The van der Waals surface area contributed by atoms with Crippen LogP contribution in [0.4, 0.5) is 0 Å². The van der Waals surface area contributed by atoms with E-state index in [-0.39, 0.29) is 11.3 Å². The molecule has 0 fully saturated rings. The number of aromatic amines is 1. The first-order chi connectivity index (χ1) is 12.5. The fourth-order valence-electron chi connectivity index (χ4n) is 4.10. The van der Waals surface area contributed by atoms with Crippen LogP contribution in [0, 0.1) is 6.92 Å². The van der Waals surface area contributed by atoms with Gasteiger partial charge in [0, 0.05) is 41.3 Å². The van der Waals surface area contributed by atoms with Crippen molar-refractivity contribution in [2.75, 3.05) is 6.54 Å². The molecular formula is C21H25N3O2. The molecule has 1 aliphatic rings. The quantitative estimate of drug-likeness (QED) is 0.679. The van der Waals surface area contributed by atoms with Gasteiger partial charge in [-0.2, -0.15) is 0 Å². The Kier molecular flexibility index (Phi) is 4.11. The number of nitrogens with zero attached hydrogens (tertiary/aromatic N) is 1. The maximum Gasteiger partial charge on any atom is 0.255 e. The minimum Gasteiger partial charge on any atom is -0.507 e. The molecule has 5 heteroatoms. The average molecular weight is 351 g/mol. The van der Waals surface area contributed by atoms with Gasteiger partial charge >= 0.3 is 0 Å². The van der Waals surface area contributed by atoms with Gasteiger partial charge in [-0.1, -0.05) is 13.0 Å². The van der Waals surface area contributed by atoms with Crippen LogP contribution in [0.5, 0.6) is 5.75 Å². The van der Waals surface area contributed by atoms with Gasteiger partial charge in [0.15, 0.2) is 0 Å². The fourth-order valence-corrected chi connectivity index (χ4v) is 4.10. The van der Waals surface area contributed by atoms with Gasteiger partial charge in [-0.15, -0.1) is 0 Å². The zero-order valence-electron chi connectivity index (χ0n) is 15.6. The van der Waals surface area contributed by atoms with Crippen LogP contribution < -0.4 is 10.9 Å². The molecule has 0 aliphatic heterocycles. The molecule has 26 heavy (non-hydrogen) atoms. The summed E-state index contributed by atoms with van der Waals surface area (Å²) in [6, 6.07) is 6.46. The van der Waals surface area contributed by atoms with Gasteiger partial charge < -0.3 is 20.0 Å². The van der Waals surface area contributed by atoms with Crippen molar-refractivity contribution < 1.29 is 5.11 Å². The molecule has 1 aromatic carbocycles. The standard InChI is InChI=1S/C21H25N3O2/c1-4-22-11-13-10-17-14-6-5-7-16-19(23-21(26)12(2)20(16)25)15(14)8-9-18(17)24(13)3/h8-10,22H,4-7,11H2,1-3H3,(H2,23,25,26). The third-order valence-corrected chi connectivity index (χ3v) is 5.64. The predicted octanol–water partition coefficient (Wildman–Crippen LogP) is 3.15. The Morgan fingerprint density at radius 2 is 2.04 bits per heavy atom. The molecule has 2 heterocycles. The highest BCUT2D eigenvalue weighted by atomic mass is 16.3. The van der Waals surface area contributed by atoms with E-state index in [0.717, 1.165) is 49.2 Å². The van der Waals surface area contributed by atoms with Gasteiger partial charge in [0.2, 0.25) is 0 Å². The van der Waals surface area contributed by atoms with Crippen LogP contribution in [0.25, 0.3) is 22.2 Å². The Hall–Kier alpha value is -2.53. The van der Waals surface area contributed by atoms with Crippen LogP contribution in [-0.4, -0.2) is 21.2 Å². The van der Waals surface area contributed by atoms with E-state index in [1.165, 1.54) is 22.2 Å². The summed E-state index contributed by atoms with van der Waals surface area (Å²) in [5.41, 5.74) is 6.60. The molecule has 5 nitrogen and oxygen atoms in total. The molecule has 0 bridgehead atoms. The molecule has 0 radical (unpaired) electrons. The van der Waals surface area contributed by atoms with E-state index in [0.29, 0.717) is 5.56 Å². The maximum absolute atomic E-state index is 12.2. The number of fused-ring (bicyclic) bond motifs is 5. The second kappa shape index (κ2) is 6.32. The summed E-state index contributed by atoms with van der Waals surface area (Å²) >= 11 is 0. The van der Waals surface area contributed by atoms with Crippen LogP contribution in [0.2, 0.25) is 0 Å². The molecule has 0 unspecified atom stereocenters. The van der Waals surface area contributed by atoms with Crippen molar-refractivity contribution in [2.24, 2.45) is 7.05 Å². The van der Waals surface area contributed by atoms with Crippen LogP contribution >= 0.6 is 0 Å². The lowest BCUT2D eigenvalue weighted by atomic mass is 9.97. The summed E-state index contributed by atoms with van der Waals surface area (Å²) in [6.07, 6.45) is 2.66. The third kappa shape index (κ3) is 2.46. The Labute approximate surface area is 152 Å². The van der Waals surface area contributed by atoms with Gasteiger partial charge in [-0.05, 0) is 50.4 Å². The predicted molar refractivity (Wildman–Crippen MR) is 105 cm³/mol. The lowest BCUT2D eigenvalue weighted by Crippen LogP contribution is -2.14. The molecule has 0 atom stereocenters. The highest BCUT2D eigenvalue weighted by Crippen LogP contribution is 2.39. The van der Waals surface area contributed by atoms with E-state index in [4.69, 9.17) is 0 Å². The molecule has 0 amide bonds. The number of H-pyrrole nitrogens is 1. The zero-order chi connectivity index (χ0) is 18.4. The number of rotatable bonds is 3. The van der Waals surface area contributed by atoms with Crippen molar-refractivity contribution in [1.82, 2.24) is 14.9 Å². The van der Waals surface area contributed by atoms with Crippen molar-refractivity contribution >= 4 is 10.9 Å². The summed E-state index contributed by atoms with van der Waals surface area (Å²) in [5, 5.41) is 15.1. The van der Waals surface area contributed by atoms with Crippen molar-refractivity contribution in [3.63, 3.8) is 0 Å². The number of aromatic nitrogens is 2. The zero-order valence-corrected chi connectivity index (χ0v) is 15.6. The second-order valence-corrected chi connectivity index (χ2v) is 7.13. The first kappa shape index (κ1) is 16.9. The van der Waals surface area contributed by atoms with Crippen LogP contribution in [0.15, 0.2) is 23.0 Å². The van der Waals surface area contributed by atoms with E-state index < -0.39 is 0 Å². The molecular weight excluding hydrogens is 326 g/mol. The van der Waals surface area contributed by atoms with Gasteiger partial charge in [-0.3, -0.25) is 4.79 Å². The number of hydrogen-bond donors (Lipinski definition) is 3. The molecule has 3 aromatic rings. The Balaban J connectivity index is 1.97. The fraction of sp³-hybridized carbons (Fsp3) is 0.381. The number of aryl methyl sites for hydroxylation is 2. The molecule has 0 spiro atoms. The lowest BCUT2D eigenvalue weighted by molar-refractivity contribution is 0.461. The highest BCUT2D eigenvalue weighted by molar-refractivity contribution is 5.91. The Morgan fingerprint density at radius 3 is 2.81 bits per heavy atom. The SMILES string of the molecule is CCNCc1cc2c3c(ccc2n1C)-c1[nH]c(=O)c(C)c(O)c1CCC3. The maximum atomic E-state index is 12.2. The summed E-state index contributed by atoms with van der Waals surface area (Å²) in [5.74, 6) is 0.151. The smallest absolute Gasteiger partial charge is 0.255 e. The van der Waals surface area contributed by atoms with Crippen molar-refractivity contribution in [3.8, 4) is 17.0 Å². The lowest BCUT2D eigenvalue weighted by Gasteiger charge is -2.13. The first-order valence-electron chi connectivity index (χ1n) is 9.29. The van der Waals surface area contributed by atoms with E-state index in [1.54, 1.807) is 6.92 Å². The minimum atomic E-state index is -0.213. The van der Waals surface area contributed by atoms with Crippen molar-refractivity contribution in [3.05, 3.63) is 50.9 Å². The van der Waals surface area contributed by atoms with Gasteiger partial charge in [0.1, 0.15) is 5.75 Å². The van der Waals surface area contributed by atoms with Gasteiger partial charge in [-0.25, -0.2) is 0 Å². The second-order valence-electron chi connectivity index (χ2n) is 7.13. The monoisotopic (exact) mass is 351 g/mol. The number of nitrogens with one attached hydrogen (secondary N) is 2. The normalized spacial score (nSPS) is 13.5. The van der Waals surface area contributed by atoms with E-state index in [9.17, 15) is 9.90 Å². The molecule has 2 aromatic heterocycles. The summed E-state index contributed by atoms with van der Waals surface area (Å²) in [4.78, 5) is 15.3. The van der Waals surface area contributed by atoms with Crippen LogP contribution in [-0.2, 0) is 26.4 Å². The average Bonchev–Trinajstić information content (AvgIpc) is 2.83. The van der Waals surface area contributed by atoms with E-state index in [1.807, 2.05) is 0 Å². The van der Waals surface area contributed by atoms with Crippen LogP contribution in [0.1, 0.15) is 35.7 Å². The molecule has 4 rings (SSSR count). The number of pyridine rings is 1. The Morgan fingerprint density at radius 1 is 1.27 bits per heavy atom. The highest BCUT2D eigenvalue weighted by Gasteiger charge is 2.23. The molecule has 1 aliphatic carbocycles. The van der Waals surface area contributed by atoms with Crippen molar-refractivity contribution in [2.45, 2.75) is 39.7 Å². The van der Waals surface area contributed by atoms with Crippen molar-refractivity contribution in [1.29, 1.82) is 0 Å². The molecule has 136 valence electrons. The molecule has 0 saturated carbocycles. The molecule has 3 N–H and O–H groups in total. The van der Waals surface area contributed by atoms with E-state index in [2.05, 4.69) is 47.0 Å². The van der Waals surface area contributed by atoms with Gasteiger partial charge in [0.25, 0.3) is 5.56 Å².